The maximum absolute atomic E-state index is 10.2. The van der Waals surface area contributed by atoms with Crippen molar-refractivity contribution in [1.29, 1.82) is 0 Å². The molecule has 6 heteroatoms. The molecule has 0 aromatic rings. The molecule has 3 aliphatic rings. The Morgan fingerprint density at radius 3 is 1.29 bits per heavy atom. The Morgan fingerprint density at radius 1 is 0.929 bits per heavy atom. The van der Waals surface area contributed by atoms with Crippen LogP contribution in [-0.4, -0.2) is 48.3 Å². The van der Waals surface area contributed by atoms with Crippen LogP contribution in [0.1, 0.15) is 12.8 Å². The van der Waals surface area contributed by atoms with Crippen molar-refractivity contribution in [3.8, 4) is 0 Å². The second kappa shape index (κ2) is 5.69. The van der Waals surface area contributed by atoms with Crippen molar-refractivity contribution < 1.29 is 14.8 Å². The van der Waals surface area contributed by atoms with Crippen LogP contribution < -0.4 is 10.6 Å². The average Bonchev–Trinajstić information content (AvgIpc) is 3.08. The molecule has 14 heavy (non-hydrogen) atoms. The van der Waals surface area contributed by atoms with Gasteiger partial charge in [0.2, 0.25) is 0 Å². The highest BCUT2D eigenvalue weighted by molar-refractivity contribution is 6.00. The zero-order valence-corrected chi connectivity index (χ0v) is 7.95. The highest BCUT2D eigenvalue weighted by Gasteiger charge is 2.26. The van der Waals surface area contributed by atoms with E-state index in [1.807, 2.05) is 0 Å². The van der Waals surface area contributed by atoms with E-state index in [1.165, 1.54) is 26.2 Å². The van der Waals surface area contributed by atoms with Gasteiger partial charge < -0.3 is 10.6 Å². The molecule has 80 valence electrons. The van der Waals surface area contributed by atoms with Gasteiger partial charge in [-0.15, -0.1) is 0 Å². The van der Waals surface area contributed by atoms with Crippen LogP contribution in [0.4, 0.5) is 0 Å². The molecule has 0 radical (unpaired) electrons. The minimum Gasteiger partial charge on any atom is -0.314 e. The summed E-state index contributed by atoms with van der Waals surface area (Å²) < 4.78 is 0. The number of carbonyl (C=O) groups excluding carboxylic acids is 2. The lowest BCUT2D eigenvalue weighted by molar-refractivity contribution is -0.171. The van der Waals surface area contributed by atoms with Gasteiger partial charge in [-0.2, -0.15) is 5.06 Å². The number of nitrogens with one attached hydrogen (secondary N) is 2. The van der Waals surface area contributed by atoms with Crippen LogP contribution in [0.5, 0.6) is 0 Å². The Kier molecular flexibility index (Phi) is 4.51. The van der Waals surface area contributed by atoms with Gasteiger partial charge >= 0.3 is 0 Å². The lowest BCUT2D eigenvalue weighted by Gasteiger charge is -1.98. The minimum absolute atomic E-state index is 0.148. The fraction of sp³-hybridized carbons (Fsp3) is 0.750. The summed E-state index contributed by atoms with van der Waals surface area (Å²) >= 11 is 0. The van der Waals surface area contributed by atoms with E-state index >= 15 is 0 Å². The number of carbonyl (C=O) groups is 2. The third kappa shape index (κ3) is 5.63. The Morgan fingerprint density at radius 2 is 1.21 bits per heavy atom. The predicted molar refractivity (Wildman–Crippen MR) is 48.6 cm³/mol. The Bertz CT molecular complexity index is 188. The molecule has 0 bridgehead atoms. The summed E-state index contributed by atoms with van der Waals surface area (Å²) in [4.78, 5) is 20.5. The van der Waals surface area contributed by atoms with Crippen molar-refractivity contribution in [2.75, 3.05) is 26.2 Å². The van der Waals surface area contributed by atoms with Gasteiger partial charge in [0.1, 0.15) is 0 Å². The number of imide groups is 1. The van der Waals surface area contributed by atoms with Crippen molar-refractivity contribution in [1.82, 2.24) is 15.7 Å². The van der Waals surface area contributed by atoms with E-state index in [2.05, 4.69) is 10.6 Å². The lowest BCUT2D eigenvalue weighted by Crippen LogP contribution is -2.24. The Balaban J connectivity index is 0.000000132. The van der Waals surface area contributed by atoms with Gasteiger partial charge in [-0.1, -0.05) is 0 Å². The molecule has 3 aliphatic heterocycles. The molecular weight excluding hydrogens is 186 g/mol. The van der Waals surface area contributed by atoms with Gasteiger partial charge in [0.25, 0.3) is 11.8 Å². The lowest BCUT2D eigenvalue weighted by atomic mass is 10.4. The highest BCUT2D eigenvalue weighted by atomic mass is 16.5. The van der Waals surface area contributed by atoms with E-state index in [4.69, 9.17) is 5.21 Å². The fourth-order valence-electron chi connectivity index (χ4n) is 0.565. The molecule has 3 fully saturated rings. The van der Waals surface area contributed by atoms with Gasteiger partial charge in [-0.25, -0.2) is 0 Å². The molecule has 6 nitrogen and oxygen atoms in total. The first-order valence-electron chi connectivity index (χ1n) is 4.68. The molecule has 0 aromatic heterocycles. The fourth-order valence-corrected chi connectivity index (χ4v) is 0.565. The molecule has 0 saturated carbocycles. The van der Waals surface area contributed by atoms with E-state index < -0.39 is 11.8 Å². The largest absolute Gasteiger partial charge is 0.314 e. The maximum Gasteiger partial charge on any atom is 0.253 e. The van der Waals surface area contributed by atoms with E-state index in [9.17, 15) is 9.59 Å². The standard InChI is InChI=1S/C4H5NO3.2C2H5N/c6-3-1-2-4(7)5(3)8;2*1-2-3-1/h8H,1-2H2;2*3H,1-2H2. The molecular formula is C8H15N3O3. The summed E-state index contributed by atoms with van der Waals surface area (Å²) in [6.07, 6.45) is 0.296. The monoisotopic (exact) mass is 201 g/mol. The molecule has 0 unspecified atom stereocenters. The quantitative estimate of drug-likeness (QED) is 0.257. The number of hydrogen-bond acceptors (Lipinski definition) is 5. The Hall–Kier alpha value is -0.980. The first kappa shape index (κ1) is 11.1. The van der Waals surface area contributed by atoms with Gasteiger partial charge in [0, 0.05) is 39.0 Å². The summed E-state index contributed by atoms with van der Waals surface area (Å²) in [5.41, 5.74) is 0. The number of nitrogens with zero attached hydrogens (tertiary/aromatic N) is 1. The van der Waals surface area contributed by atoms with E-state index in [-0.39, 0.29) is 17.9 Å². The van der Waals surface area contributed by atoms with E-state index in [1.54, 1.807) is 0 Å². The normalized spacial score (nSPS) is 21.9. The summed E-state index contributed by atoms with van der Waals surface area (Å²) in [5.74, 6) is -1.01. The number of rotatable bonds is 0. The Labute approximate surface area is 82.2 Å². The van der Waals surface area contributed by atoms with Crippen molar-refractivity contribution in [3.05, 3.63) is 0 Å². The van der Waals surface area contributed by atoms with E-state index in [0.29, 0.717) is 0 Å². The van der Waals surface area contributed by atoms with E-state index in [0.717, 1.165) is 0 Å². The van der Waals surface area contributed by atoms with Crippen molar-refractivity contribution in [2.45, 2.75) is 12.8 Å². The summed E-state index contributed by atoms with van der Waals surface area (Å²) in [5, 5.41) is 14.6. The first-order valence-corrected chi connectivity index (χ1v) is 4.68. The van der Waals surface area contributed by atoms with Crippen LogP contribution in [-0.2, 0) is 9.59 Å². The molecule has 3 heterocycles. The topological polar surface area (TPSA) is 101 Å². The number of hydroxylamine groups is 2. The first-order chi connectivity index (χ1) is 6.72. The average molecular weight is 201 g/mol. The summed E-state index contributed by atoms with van der Waals surface area (Å²) in [6, 6.07) is 0. The second-order valence-electron chi connectivity index (χ2n) is 3.10. The molecule has 3 N–H and O–H groups in total. The molecule has 2 amide bonds. The zero-order valence-electron chi connectivity index (χ0n) is 7.95. The van der Waals surface area contributed by atoms with Crippen molar-refractivity contribution >= 4 is 11.8 Å². The van der Waals surface area contributed by atoms with Crippen LogP contribution >= 0.6 is 0 Å². The SMILES string of the molecule is C1CN1.C1CN1.O=C1CCC(=O)N1O. The predicted octanol–water partition coefficient (Wildman–Crippen LogP) is -1.30. The highest BCUT2D eigenvalue weighted by Crippen LogP contribution is 2.06. The van der Waals surface area contributed by atoms with Crippen molar-refractivity contribution in [2.24, 2.45) is 0 Å². The van der Waals surface area contributed by atoms with Gasteiger partial charge in [0.15, 0.2) is 0 Å². The van der Waals surface area contributed by atoms with Crippen LogP contribution in [0.25, 0.3) is 0 Å². The zero-order chi connectivity index (χ0) is 10.4. The molecule has 0 spiro atoms. The van der Waals surface area contributed by atoms with Crippen LogP contribution in [0.15, 0.2) is 0 Å². The summed E-state index contributed by atoms with van der Waals surface area (Å²) in [7, 11) is 0. The molecule has 0 atom stereocenters. The van der Waals surface area contributed by atoms with Gasteiger partial charge in [0.05, 0.1) is 0 Å². The molecule has 0 aromatic carbocycles. The smallest absolute Gasteiger partial charge is 0.253 e. The third-order valence-corrected chi connectivity index (χ3v) is 1.53. The summed E-state index contributed by atoms with van der Waals surface area (Å²) in [6.45, 7) is 5.00. The number of amides is 2. The molecule has 0 aliphatic carbocycles. The molecule has 3 rings (SSSR count). The molecule has 3 saturated heterocycles. The second-order valence-corrected chi connectivity index (χ2v) is 3.10. The van der Waals surface area contributed by atoms with Crippen LogP contribution in [0.2, 0.25) is 0 Å². The third-order valence-electron chi connectivity index (χ3n) is 1.53. The van der Waals surface area contributed by atoms with Crippen molar-refractivity contribution in [3.63, 3.8) is 0 Å². The number of hydrogen-bond donors (Lipinski definition) is 3. The van der Waals surface area contributed by atoms with Crippen LogP contribution in [0.3, 0.4) is 0 Å². The van der Waals surface area contributed by atoms with Gasteiger partial charge in [-0.05, 0) is 0 Å². The van der Waals surface area contributed by atoms with Crippen LogP contribution in [0, 0.1) is 0 Å². The minimum atomic E-state index is -0.505. The van der Waals surface area contributed by atoms with Gasteiger partial charge in [-0.3, -0.25) is 14.8 Å². The maximum atomic E-state index is 10.2.